The molecule has 0 spiro atoms. The standard InChI is InChI=1S/C19H24N4/c1-14-6-2-3-7-15(14)18-21-17-9-5-4-8-16(17)19(22-18)23-12-10-20-11-13-23/h2-3,6-7,20H,4-5,8-13H2,1H3. The van der Waals surface area contributed by atoms with E-state index in [1.165, 1.54) is 35.5 Å². The third-order valence-corrected chi connectivity index (χ3v) is 4.96. The van der Waals surface area contributed by atoms with Gasteiger partial charge in [-0.25, -0.2) is 9.97 Å². The van der Waals surface area contributed by atoms with Gasteiger partial charge in [-0.05, 0) is 38.2 Å². The van der Waals surface area contributed by atoms with E-state index >= 15 is 0 Å². The van der Waals surface area contributed by atoms with Crippen LogP contribution < -0.4 is 10.2 Å². The summed E-state index contributed by atoms with van der Waals surface area (Å²) in [5.41, 5.74) is 5.08. The summed E-state index contributed by atoms with van der Waals surface area (Å²) in [4.78, 5) is 12.4. The summed E-state index contributed by atoms with van der Waals surface area (Å²) in [6.45, 7) is 6.30. The Morgan fingerprint density at radius 2 is 1.78 bits per heavy atom. The second-order valence-corrected chi connectivity index (χ2v) is 6.56. The van der Waals surface area contributed by atoms with Gasteiger partial charge in [0.2, 0.25) is 0 Å². The summed E-state index contributed by atoms with van der Waals surface area (Å²) in [6, 6.07) is 8.44. The highest BCUT2D eigenvalue weighted by Crippen LogP contribution is 2.31. The van der Waals surface area contributed by atoms with Gasteiger partial charge in [0.1, 0.15) is 5.82 Å². The predicted molar refractivity (Wildman–Crippen MR) is 93.9 cm³/mol. The molecule has 4 rings (SSSR count). The molecule has 1 aliphatic carbocycles. The third kappa shape index (κ3) is 2.83. The molecule has 2 aliphatic rings. The molecule has 1 aromatic heterocycles. The maximum absolute atomic E-state index is 5.03. The molecule has 0 saturated carbocycles. The molecule has 4 nitrogen and oxygen atoms in total. The van der Waals surface area contributed by atoms with Crippen LogP contribution in [0.15, 0.2) is 24.3 Å². The van der Waals surface area contributed by atoms with Gasteiger partial charge in [0.15, 0.2) is 5.82 Å². The van der Waals surface area contributed by atoms with Gasteiger partial charge >= 0.3 is 0 Å². The van der Waals surface area contributed by atoms with Crippen LogP contribution in [0.3, 0.4) is 0 Å². The molecule has 23 heavy (non-hydrogen) atoms. The molecule has 120 valence electrons. The zero-order chi connectivity index (χ0) is 15.6. The van der Waals surface area contributed by atoms with Crippen molar-refractivity contribution >= 4 is 5.82 Å². The van der Waals surface area contributed by atoms with Gasteiger partial charge in [-0.1, -0.05) is 24.3 Å². The summed E-state index contributed by atoms with van der Waals surface area (Å²) >= 11 is 0. The van der Waals surface area contributed by atoms with Gasteiger partial charge < -0.3 is 10.2 Å². The Hall–Kier alpha value is -1.94. The van der Waals surface area contributed by atoms with E-state index in [0.29, 0.717) is 0 Å². The van der Waals surface area contributed by atoms with Crippen molar-refractivity contribution in [2.45, 2.75) is 32.6 Å². The van der Waals surface area contributed by atoms with Gasteiger partial charge in [-0.3, -0.25) is 0 Å². The van der Waals surface area contributed by atoms with Gasteiger partial charge in [0, 0.05) is 43.0 Å². The van der Waals surface area contributed by atoms with Crippen LogP contribution in [0.2, 0.25) is 0 Å². The minimum Gasteiger partial charge on any atom is -0.354 e. The first-order valence-electron chi connectivity index (χ1n) is 8.74. The van der Waals surface area contributed by atoms with Crippen LogP contribution in [-0.4, -0.2) is 36.1 Å². The van der Waals surface area contributed by atoms with Crippen LogP contribution in [0.5, 0.6) is 0 Å². The quantitative estimate of drug-likeness (QED) is 0.926. The van der Waals surface area contributed by atoms with E-state index in [1.807, 2.05) is 0 Å². The lowest BCUT2D eigenvalue weighted by Gasteiger charge is -2.32. The van der Waals surface area contributed by atoms with Crippen molar-refractivity contribution in [3.63, 3.8) is 0 Å². The highest BCUT2D eigenvalue weighted by molar-refractivity contribution is 5.64. The number of aryl methyl sites for hydroxylation is 2. The van der Waals surface area contributed by atoms with Crippen LogP contribution in [-0.2, 0) is 12.8 Å². The van der Waals surface area contributed by atoms with Crippen molar-refractivity contribution < 1.29 is 0 Å². The zero-order valence-electron chi connectivity index (χ0n) is 13.8. The summed E-state index contributed by atoms with van der Waals surface area (Å²) in [5.74, 6) is 2.09. The van der Waals surface area contributed by atoms with Crippen molar-refractivity contribution in [1.82, 2.24) is 15.3 Å². The van der Waals surface area contributed by atoms with Gasteiger partial charge in [0.25, 0.3) is 0 Å². The molecule has 0 radical (unpaired) electrons. The monoisotopic (exact) mass is 308 g/mol. The first-order valence-corrected chi connectivity index (χ1v) is 8.74. The molecule has 1 saturated heterocycles. The Balaban J connectivity index is 1.83. The number of aromatic nitrogens is 2. The number of piperazine rings is 1. The maximum Gasteiger partial charge on any atom is 0.162 e. The van der Waals surface area contributed by atoms with Crippen LogP contribution in [0, 0.1) is 6.92 Å². The summed E-state index contributed by atoms with van der Waals surface area (Å²) in [5, 5.41) is 3.43. The Morgan fingerprint density at radius 3 is 2.61 bits per heavy atom. The lowest BCUT2D eigenvalue weighted by molar-refractivity contribution is 0.577. The Kier molecular flexibility index (Phi) is 4.00. The van der Waals surface area contributed by atoms with Crippen molar-refractivity contribution in [3.8, 4) is 11.4 Å². The lowest BCUT2D eigenvalue weighted by Crippen LogP contribution is -2.44. The van der Waals surface area contributed by atoms with Crippen molar-refractivity contribution in [2.24, 2.45) is 0 Å². The molecule has 1 fully saturated rings. The lowest BCUT2D eigenvalue weighted by atomic mass is 9.95. The highest BCUT2D eigenvalue weighted by Gasteiger charge is 2.23. The Labute approximate surface area is 138 Å². The topological polar surface area (TPSA) is 41.1 Å². The smallest absolute Gasteiger partial charge is 0.162 e. The number of hydrogen-bond acceptors (Lipinski definition) is 4. The molecule has 0 bridgehead atoms. The SMILES string of the molecule is Cc1ccccc1-c1nc2c(c(N3CCNCC3)n1)CCCC2. The fourth-order valence-electron chi connectivity index (χ4n) is 3.66. The molecule has 4 heteroatoms. The average molecular weight is 308 g/mol. The van der Waals surface area contributed by atoms with Crippen molar-refractivity contribution in [3.05, 3.63) is 41.1 Å². The normalized spacial score (nSPS) is 17.9. The Morgan fingerprint density at radius 1 is 1.00 bits per heavy atom. The van der Waals surface area contributed by atoms with E-state index in [4.69, 9.17) is 9.97 Å². The maximum atomic E-state index is 5.03. The largest absolute Gasteiger partial charge is 0.354 e. The molecule has 2 aromatic rings. The van der Waals surface area contributed by atoms with E-state index in [0.717, 1.165) is 50.4 Å². The number of nitrogens with one attached hydrogen (secondary N) is 1. The number of rotatable bonds is 2. The number of fused-ring (bicyclic) bond motifs is 1. The minimum absolute atomic E-state index is 0.900. The summed E-state index contributed by atoms with van der Waals surface area (Å²) in [6.07, 6.45) is 4.73. The molecule has 1 N–H and O–H groups in total. The number of nitrogens with zero attached hydrogens (tertiary/aromatic N) is 3. The molecule has 1 aromatic carbocycles. The molecule has 1 aliphatic heterocycles. The fourth-order valence-corrected chi connectivity index (χ4v) is 3.66. The van der Waals surface area contributed by atoms with E-state index in [9.17, 15) is 0 Å². The van der Waals surface area contributed by atoms with Gasteiger partial charge in [0.05, 0.1) is 0 Å². The number of anilines is 1. The second-order valence-electron chi connectivity index (χ2n) is 6.56. The molecule has 0 unspecified atom stereocenters. The van der Waals surface area contributed by atoms with Crippen molar-refractivity contribution in [1.29, 1.82) is 0 Å². The molecule has 0 amide bonds. The zero-order valence-corrected chi connectivity index (χ0v) is 13.8. The van der Waals surface area contributed by atoms with Crippen LogP contribution in [0.1, 0.15) is 29.7 Å². The van der Waals surface area contributed by atoms with Gasteiger partial charge in [-0.2, -0.15) is 0 Å². The first kappa shape index (κ1) is 14.6. The third-order valence-electron chi connectivity index (χ3n) is 4.96. The predicted octanol–water partition coefficient (Wildman–Crippen LogP) is 2.74. The van der Waals surface area contributed by atoms with Crippen LogP contribution in [0.25, 0.3) is 11.4 Å². The van der Waals surface area contributed by atoms with E-state index in [2.05, 4.69) is 41.4 Å². The molecular formula is C19H24N4. The van der Waals surface area contributed by atoms with E-state index in [1.54, 1.807) is 0 Å². The number of benzene rings is 1. The van der Waals surface area contributed by atoms with Crippen LogP contribution >= 0.6 is 0 Å². The van der Waals surface area contributed by atoms with E-state index < -0.39 is 0 Å². The van der Waals surface area contributed by atoms with E-state index in [-0.39, 0.29) is 0 Å². The van der Waals surface area contributed by atoms with Crippen LogP contribution in [0.4, 0.5) is 5.82 Å². The molecule has 0 atom stereocenters. The highest BCUT2D eigenvalue weighted by atomic mass is 15.2. The average Bonchev–Trinajstić information content (AvgIpc) is 2.62. The second kappa shape index (κ2) is 6.28. The number of hydrogen-bond donors (Lipinski definition) is 1. The summed E-state index contributed by atoms with van der Waals surface area (Å²) in [7, 11) is 0. The van der Waals surface area contributed by atoms with Crippen molar-refractivity contribution in [2.75, 3.05) is 31.1 Å². The Bertz CT molecular complexity index is 705. The molecule has 2 heterocycles. The minimum atomic E-state index is 0.900. The summed E-state index contributed by atoms with van der Waals surface area (Å²) < 4.78 is 0. The fraction of sp³-hybridized carbons (Fsp3) is 0.474. The van der Waals surface area contributed by atoms with Gasteiger partial charge in [-0.15, -0.1) is 0 Å². The molecular weight excluding hydrogens is 284 g/mol. The first-order chi connectivity index (χ1) is 11.3.